The van der Waals surface area contributed by atoms with Crippen molar-refractivity contribution < 1.29 is 14.3 Å². The number of carbonyl (C=O) groups excluding carboxylic acids is 2. The number of nitrogens with zero attached hydrogens (tertiary/aromatic N) is 1. The SMILES string of the molecule is COC(=O)[C@]1(C(=O)n2cccc2)CC1(C)c1ccccc1. The fourth-order valence-corrected chi connectivity index (χ4v) is 3.20. The predicted octanol–water partition coefficient (Wildman–Crippen LogP) is 2.65. The molecule has 0 aliphatic heterocycles. The molecule has 4 nitrogen and oxygen atoms in total. The Hall–Kier alpha value is -2.36. The molecule has 1 unspecified atom stereocenters. The van der Waals surface area contributed by atoms with Crippen LogP contribution in [-0.4, -0.2) is 23.6 Å². The van der Waals surface area contributed by atoms with Crippen molar-refractivity contribution in [1.82, 2.24) is 4.57 Å². The first kappa shape index (κ1) is 13.6. The van der Waals surface area contributed by atoms with Gasteiger partial charge in [0.25, 0.3) is 0 Å². The van der Waals surface area contributed by atoms with Crippen LogP contribution in [0.1, 0.15) is 23.7 Å². The molecule has 1 aliphatic carbocycles. The average molecular weight is 283 g/mol. The summed E-state index contributed by atoms with van der Waals surface area (Å²) in [6.45, 7) is 1.95. The second-order valence-corrected chi connectivity index (χ2v) is 5.67. The van der Waals surface area contributed by atoms with Crippen LogP contribution in [0.25, 0.3) is 0 Å². The van der Waals surface area contributed by atoms with Crippen LogP contribution in [-0.2, 0) is 14.9 Å². The quantitative estimate of drug-likeness (QED) is 0.642. The normalized spacial score (nSPS) is 27.1. The number of hydrogen-bond acceptors (Lipinski definition) is 3. The molecular formula is C17H17NO3. The van der Waals surface area contributed by atoms with E-state index in [9.17, 15) is 9.59 Å². The first-order chi connectivity index (χ1) is 10.1. The van der Waals surface area contributed by atoms with E-state index in [1.54, 1.807) is 24.5 Å². The van der Waals surface area contributed by atoms with E-state index < -0.39 is 16.8 Å². The summed E-state index contributed by atoms with van der Waals surface area (Å²) in [5.41, 5.74) is -0.680. The van der Waals surface area contributed by atoms with E-state index in [0.717, 1.165) is 5.56 Å². The first-order valence-corrected chi connectivity index (χ1v) is 6.88. The Balaban J connectivity index is 2.06. The third-order valence-electron chi connectivity index (χ3n) is 4.58. The highest BCUT2D eigenvalue weighted by molar-refractivity contribution is 6.09. The number of hydrogen-bond donors (Lipinski definition) is 0. The van der Waals surface area contributed by atoms with Crippen LogP contribution in [0.4, 0.5) is 0 Å². The molecule has 2 atom stereocenters. The van der Waals surface area contributed by atoms with Crippen molar-refractivity contribution in [3.8, 4) is 0 Å². The van der Waals surface area contributed by atoms with Crippen LogP contribution in [0, 0.1) is 5.41 Å². The third-order valence-corrected chi connectivity index (χ3v) is 4.58. The van der Waals surface area contributed by atoms with Gasteiger partial charge in [-0.05, 0) is 24.1 Å². The van der Waals surface area contributed by atoms with Gasteiger partial charge in [-0.2, -0.15) is 0 Å². The Kier molecular flexibility index (Phi) is 2.97. The zero-order valence-electron chi connectivity index (χ0n) is 12.1. The van der Waals surface area contributed by atoms with Gasteiger partial charge in [-0.15, -0.1) is 0 Å². The molecule has 0 bridgehead atoms. The highest BCUT2D eigenvalue weighted by atomic mass is 16.5. The van der Waals surface area contributed by atoms with Crippen molar-refractivity contribution in [3.05, 3.63) is 60.4 Å². The van der Waals surface area contributed by atoms with Crippen molar-refractivity contribution in [2.45, 2.75) is 18.8 Å². The monoisotopic (exact) mass is 283 g/mol. The van der Waals surface area contributed by atoms with Gasteiger partial charge < -0.3 is 4.74 Å². The molecule has 4 heteroatoms. The topological polar surface area (TPSA) is 48.3 Å². The van der Waals surface area contributed by atoms with Crippen molar-refractivity contribution >= 4 is 11.9 Å². The molecule has 1 fully saturated rings. The first-order valence-electron chi connectivity index (χ1n) is 6.88. The van der Waals surface area contributed by atoms with Gasteiger partial charge >= 0.3 is 5.97 Å². The van der Waals surface area contributed by atoms with Gasteiger partial charge in [-0.25, -0.2) is 0 Å². The van der Waals surface area contributed by atoms with Crippen molar-refractivity contribution in [2.75, 3.05) is 7.11 Å². The summed E-state index contributed by atoms with van der Waals surface area (Å²) in [4.78, 5) is 25.2. The second kappa shape index (κ2) is 4.58. The number of esters is 1. The van der Waals surface area contributed by atoms with Crippen molar-refractivity contribution in [3.63, 3.8) is 0 Å². The number of aromatic nitrogens is 1. The fraction of sp³-hybridized carbons (Fsp3) is 0.294. The zero-order valence-corrected chi connectivity index (χ0v) is 12.1. The molecule has 1 aromatic heterocycles. The highest BCUT2D eigenvalue weighted by Gasteiger charge is 2.75. The minimum Gasteiger partial charge on any atom is -0.468 e. The molecule has 0 N–H and O–H groups in total. The van der Waals surface area contributed by atoms with Crippen LogP contribution in [0.3, 0.4) is 0 Å². The lowest BCUT2D eigenvalue weighted by molar-refractivity contribution is -0.145. The molecule has 1 saturated carbocycles. The van der Waals surface area contributed by atoms with Crippen molar-refractivity contribution in [1.29, 1.82) is 0 Å². The predicted molar refractivity (Wildman–Crippen MR) is 77.9 cm³/mol. The van der Waals surface area contributed by atoms with Gasteiger partial charge in [0, 0.05) is 17.8 Å². The number of carbonyl (C=O) groups is 2. The number of benzene rings is 1. The standard InChI is InChI=1S/C17H17NO3/c1-16(13-8-4-3-5-9-13)12-17(16,15(20)21-2)14(19)18-10-6-7-11-18/h3-11H,12H2,1-2H3/t16?,17-/m1/s1. The van der Waals surface area contributed by atoms with Gasteiger partial charge in [-0.3, -0.25) is 14.2 Å². The minimum atomic E-state index is -1.14. The van der Waals surface area contributed by atoms with Crippen LogP contribution in [0.5, 0.6) is 0 Å². The van der Waals surface area contributed by atoms with Gasteiger partial charge in [-0.1, -0.05) is 37.3 Å². The summed E-state index contributed by atoms with van der Waals surface area (Å²) in [5.74, 6) is -0.696. The molecule has 1 aromatic carbocycles. The molecule has 0 spiro atoms. The Morgan fingerprint density at radius 2 is 1.71 bits per heavy atom. The smallest absolute Gasteiger partial charge is 0.322 e. The van der Waals surface area contributed by atoms with E-state index >= 15 is 0 Å². The van der Waals surface area contributed by atoms with Gasteiger partial charge in [0.05, 0.1) is 7.11 Å². The summed E-state index contributed by atoms with van der Waals surface area (Å²) >= 11 is 0. The van der Waals surface area contributed by atoms with E-state index in [-0.39, 0.29) is 5.91 Å². The number of rotatable bonds is 3. The molecule has 108 valence electrons. The van der Waals surface area contributed by atoms with Crippen LogP contribution < -0.4 is 0 Å². The molecule has 0 amide bonds. The second-order valence-electron chi connectivity index (χ2n) is 5.67. The van der Waals surface area contributed by atoms with E-state index in [0.29, 0.717) is 6.42 Å². The maximum atomic E-state index is 12.8. The lowest BCUT2D eigenvalue weighted by Gasteiger charge is -2.20. The number of methoxy groups -OCH3 is 1. The molecule has 3 rings (SSSR count). The summed E-state index contributed by atoms with van der Waals surface area (Å²) in [5, 5.41) is 0. The van der Waals surface area contributed by atoms with Gasteiger partial charge in [0.1, 0.15) is 0 Å². The van der Waals surface area contributed by atoms with E-state index in [1.807, 2.05) is 37.3 Å². The van der Waals surface area contributed by atoms with Crippen LogP contribution in [0.2, 0.25) is 0 Å². The molecule has 0 saturated heterocycles. The van der Waals surface area contributed by atoms with E-state index in [4.69, 9.17) is 4.74 Å². The largest absolute Gasteiger partial charge is 0.468 e. The maximum absolute atomic E-state index is 12.8. The Morgan fingerprint density at radius 3 is 2.29 bits per heavy atom. The molecular weight excluding hydrogens is 266 g/mol. The molecule has 21 heavy (non-hydrogen) atoms. The molecule has 0 radical (unpaired) electrons. The van der Waals surface area contributed by atoms with Gasteiger partial charge in [0.2, 0.25) is 5.91 Å². The van der Waals surface area contributed by atoms with Gasteiger partial charge in [0.15, 0.2) is 5.41 Å². The summed E-state index contributed by atoms with van der Waals surface area (Å²) in [6.07, 6.45) is 3.79. The van der Waals surface area contributed by atoms with E-state index in [2.05, 4.69) is 0 Å². The molecule has 1 aliphatic rings. The lowest BCUT2D eigenvalue weighted by Crippen LogP contribution is -2.37. The molecule has 1 heterocycles. The Labute approximate surface area is 123 Å². The maximum Gasteiger partial charge on any atom is 0.322 e. The Morgan fingerprint density at radius 1 is 1.10 bits per heavy atom. The summed E-state index contributed by atoms with van der Waals surface area (Å²) in [7, 11) is 1.33. The highest BCUT2D eigenvalue weighted by Crippen LogP contribution is 2.65. The summed E-state index contributed by atoms with van der Waals surface area (Å²) in [6, 6.07) is 13.2. The minimum absolute atomic E-state index is 0.231. The lowest BCUT2D eigenvalue weighted by atomic mass is 9.87. The average Bonchev–Trinajstić information content (AvgIpc) is 2.91. The number of ether oxygens (including phenoxy) is 1. The third kappa shape index (κ3) is 1.75. The Bertz CT molecular complexity index is 677. The summed E-state index contributed by atoms with van der Waals surface area (Å²) < 4.78 is 6.40. The van der Waals surface area contributed by atoms with Crippen LogP contribution in [0.15, 0.2) is 54.9 Å². The van der Waals surface area contributed by atoms with Crippen molar-refractivity contribution in [2.24, 2.45) is 5.41 Å². The fourth-order valence-electron chi connectivity index (χ4n) is 3.20. The molecule has 2 aromatic rings. The zero-order chi connectivity index (χ0) is 15.1. The van der Waals surface area contributed by atoms with E-state index in [1.165, 1.54) is 11.7 Å². The van der Waals surface area contributed by atoms with Crippen LogP contribution >= 0.6 is 0 Å².